The molecule has 2 rings (SSSR count). The first kappa shape index (κ1) is 10.9. The number of nitrogens with zero attached hydrogens (tertiary/aromatic N) is 1. The molecule has 4 N–H and O–H groups in total. The summed E-state index contributed by atoms with van der Waals surface area (Å²) in [6, 6.07) is 9.34. The van der Waals surface area contributed by atoms with Gasteiger partial charge >= 0.3 is 0 Å². The van der Waals surface area contributed by atoms with Crippen molar-refractivity contribution in [3.8, 4) is 11.8 Å². The van der Waals surface area contributed by atoms with E-state index in [2.05, 4.69) is 6.07 Å². The number of hydrogen-bond donors (Lipinski definition) is 2. The third-order valence-corrected chi connectivity index (χ3v) is 2.87. The number of nitrogens with two attached hydrogens (primary N) is 2. The van der Waals surface area contributed by atoms with Gasteiger partial charge in [-0.15, -0.1) is 0 Å². The second-order valence-corrected chi connectivity index (χ2v) is 4.16. The molecule has 1 saturated carbocycles. The molecule has 0 aliphatic heterocycles. The maximum atomic E-state index is 8.92. The van der Waals surface area contributed by atoms with Crippen LogP contribution in [-0.2, 0) is 0 Å². The highest BCUT2D eigenvalue weighted by atomic mass is 16.5. The first-order valence-corrected chi connectivity index (χ1v) is 5.37. The van der Waals surface area contributed by atoms with E-state index in [1.807, 2.05) is 12.1 Å². The molecule has 0 spiro atoms. The average molecular weight is 217 g/mol. The Morgan fingerprint density at radius 2 is 2.00 bits per heavy atom. The number of para-hydroxylation sites is 1. The van der Waals surface area contributed by atoms with Gasteiger partial charge in [0.15, 0.2) is 0 Å². The van der Waals surface area contributed by atoms with Crippen molar-refractivity contribution in [3.63, 3.8) is 0 Å². The minimum Gasteiger partial charge on any atom is -0.487 e. The van der Waals surface area contributed by atoms with E-state index in [4.69, 9.17) is 21.5 Å². The van der Waals surface area contributed by atoms with Gasteiger partial charge < -0.3 is 16.2 Å². The summed E-state index contributed by atoms with van der Waals surface area (Å²) in [5.41, 5.74) is 12.3. The van der Waals surface area contributed by atoms with Gasteiger partial charge in [-0.2, -0.15) is 5.26 Å². The minimum atomic E-state index is -0.0792. The third-order valence-electron chi connectivity index (χ3n) is 2.87. The standard InChI is InChI=1S/C12H15N3O/c13-7-8-3-1-2-4-11(8)16-12-6-9(14)5-10(12)15/h1-4,9-10,12H,5-6,14-15H2/t9-,10+,12+/m1/s1. The van der Waals surface area contributed by atoms with Crippen molar-refractivity contribution in [2.24, 2.45) is 11.5 Å². The maximum Gasteiger partial charge on any atom is 0.137 e. The van der Waals surface area contributed by atoms with Gasteiger partial charge in [0.1, 0.15) is 17.9 Å². The predicted octanol–water partition coefficient (Wildman–Crippen LogP) is 0.754. The van der Waals surface area contributed by atoms with Crippen molar-refractivity contribution in [1.29, 1.82) is 5.26 Å². The van der Waals surface area contributed by atoms with Crippen LogP contribution in [0.4, 0.5) is 0 Å². The summed E-state index contributed by atoms with van der Waals surface area (Å²) < 4.78 is 5.75. The Balaban J connectivity index is 2.12. The number of hydrogen-bond acceptors (Lipinski definition) is 4. The summed E-state index contributed by atoms with van der Waals surface area (Å²) >= 11 is 0. The number of rotatable bonds is 2. The van der Waals surface area contributed by atoms with Gasteiger partial charge in [-0.3, -0.25) is 0 Å². The highest BCUT2D eigenvalue weighted by Gasteiger charge is 2.31. The molecule has 1 aromatic rings. The van der Waals surface area contributed by atoms with Crippen LogP contribution in [0.5, 0.6) is 5.75 Å². The fraction of sp³-hybridized carbons (Fsp3) is 0.417. The molecular formula is C12H15N3O. The zero-order valence-electron chi connectivity index (χ0n) is 8.97. The molecule has 0 radical (unpaired) electrons. The van der Waals surface area contributed by atoms with Crippen LogP contribution in [0, 0.1) is 11.3 Å². The Labute approximate surface area is 94.8 Å². The molecule has 16 heavy (non-hydrogen) atoms. The van der Waals surface area contributed by atoms with Crippen molar-refractivity contribution in [1.82, 2.24) is 0 Å². The quantitative estimate of drug-likeness (QED) is 0.765. The van der Waals surface area contributed by atoms with Gasteiger partial charge in [0.2, 0.25) is 0 Å². The Morgan fingerprint density at radius 1 is 1.25 bits per heavy atom. The van der Waals surface area contributed by atoms with Crippen molar-refractivity contribution in [2.75, 3.05) is 0 Å². The second kappa shape index (κ2) is 4.52. The lowest BCUT2D eigenvalue weighted by atomic mass is 10.2. The van der Waals surface area contributed by atoms with E-state index >= 15 is 0 Å². The van der Waals surface area contributed by atoms with Crippen LogP contribution in [0.3, 0.4) is 0 Å². The summed E-state index contributed by atoms with van der Waals surface area (Å²) in [6.07, 6.45) is 1.45. The van der Waals surface area contributed by atoms with E-state index in [0.717, 1.165) is 12.8 Å². The summed E-state index contributed by atoms with van der Waals surface area (Å²) in [5.74, 6) is 0.597. The Kier molecular flexibility index (Phi) is 3.09. The molecule has 0 bridgehead atoms. The third kappa shape index (κ3) is 2.16. The van der Waals surface area contributed by atoms with Gasteiger partial charge in [-0.25, -0.2) is 0 Å². The van der Waals surface area contributed by atoms with E-state index < -0.39 is 0 Å². The minimum absolute atomic E-state index is 0.0400. The van der Waals surface area contributed by atoms with Crippen LogP contribution < -0.4 is 16.2 Å². The predicted molar refractivity (Wildman–Crippen MR) is 60.8 cm³/mol. The van der Waals surface area contributed by atoms with Gasteiger partial charge in [0, 0.05) is 18.5 Å². The highest BCUT2D eigenvalue weighted by molar-refractivity contribution is 5.42. The summed E-state index contributed by atoms with van der Waals surface area (Å²) in [4.78, 5) is 0. The van der Waals surface area contributed by atoms with Crippen LogP contribution in [0.15, 0.2) is 24.3 Å². The fourth-order valence-corrected chi connectivity index (χ4v) is 2.03. The van der Waals surface area contributed by atoms with Crippen molar-refractivity contribution >= 4 is 0 Å². The molecule has 1 aromatic carbocycles. The molecule has 0 unspecified atom stereocenters. The molecule has 84 valence electrons. The van der Waals surface area contributed by atoms with E-state index in [-0.39, 0.29) is 18.2 Å². The SMILES string of the molecule is N#Cc1ccccc1O[C@H]1C[C@H](N)C[C@@H]1N. The largest absolute Gasteiger partial charge is 0.487 e. The van der Waals surface area contributed by atoms with E-state index in [1.54, 1.807) is 12.1 Å². The Bertz CT molecular complexity index is 413. The number of ether oxygens (including phenoxy) is 1. The summed E-state index contributed by atoms with van der Waals surface area (Å²) in [5, 5.41) is 8.92. The van der Waals surface area contributed by atoms with E-state index in [9.17, 15) is 0 Å². The molecule has 0 heterocycles. The normalized spacial score (nSPS) is 28.7. The van der Waals surface area contributed by atoms with Crippen LogP contribution in [0.1, 0.15) is 18.4 Å². The Hall–Kier alpha value is -1.57. The van der Waals surface area contributed by atoms with Crippen molar-refractivity contribution < 1.29 is 4.74 Å². The van der Waals surface area contributed by atoms with E-state index in [1.165, 1.54) is 0 Å². The smallest absolute Gasteiger partial charge is 0.137 e. The van der Waals surface area contributed by atoms with Gasteiger partial charge in [0.05, 0.1) is 5.56 Å². The van der Waals surface area contributed by atoms with Gasteiger partial charge in [-0.1, -0.05) is 12.1 Å². The molecule has 4 nitrogen and oxygen atoms in total. The lowest BCUT2D eigenvalue weighted by Gasteiger charge is -2.18. The Morgan fingerprint density at radius 3 is 2.62 bits per heavy atom. The fourth-order valence-electron chi connectivity index (χ4n) is 2.03. The first-order chi connectivity index (χ1) is 7.70. The molecule has 1 fully saturated rings. The molecule has 4 heteroatoms. The zero-order valence-corrected chi connectivity index (χ0v) is 8.97. The van der Waals surface area contributed by atoms with E-state index in [0.29, 0.717) is 11.3 Å². The number of nitriles is 1. The zero-order chi connectivity index (χ0) is 11.5. The monoisotopic (exact) mass is 217 g/mol. The molecule has 0 aromatic heterocycles. The summed E-state index contributed by atoms with van der Waals surface area (Å²) in [6.45, 7) is 0. The summed E-state index contributed by atoms with van der Waals surface area (Å²) in [7, 11) is 0. The maximum absolute atomic E-state index is 8.92. The van der Waals surface area contributed by atoms with Crippen LogP contribution in [0.2, 0.25) is 0 Å². The first-order valence-electron chi connectivity index (χ1n) is 5.37. The van der Waals surface area contributed by atoms with Crippen molar-refractivity contribution in [2.45, 2.75) is 31.0 Å². The van der Waals surface area contributed by atoms with Gasteiger partial charge in [0.25, 0.3) is 0 Å². The average Bonchev–Trinajstić information content (AvgIpc) is 2.58. The van der Waals surface area contributed by atoms with Gasteiger partial charge in [-0.05, 0) is 18.6 Å². The van der Waals surface area contributed by atoms with Crippen LogP contribution in [-0.4, -0.2) is 18.2 Å². The molecule has 3 atom stereocenters. The number of benzene rings is 1. The molecule has 0 saturated heterocycles. The highest BCUT2D eigenvalue weighted by Crippen LogP contribution is 2.25. The topological polar surface area (TPSA) is 85.1 Å². The molecular weight excluding hydrogens is 202 g/mol. The molecule has 1 aliphatic rings. The second-order valence-electron chi connectivity index (χ2n) is 4.16. The molecule has 1 aliphatic carbocycles. The van der Waals surface area contributed by atoms with Crippen LogP contribution >= 0.6 is 0 Å². The lowest BCUT2D eigenvalue weighted by Crippen LogP contribution is -2.33. The molecule has 0 amide bonds. The van der Waals surface area contributed by atoms with Crippen LogP contribution in [0.25, 0.3) is 0 Å². The lowest BCUT2D eigenvalue weighted by molar-refractivity contribution is 0.190. The van der Waals surface area contributed by atoms with Crippen molar-refractivity contribution in [3.05, 3.63) is 29.8 Å².